The summed E-state index contributed by atoms with van der Waals surface area (Å²) in [4.78, 5) is 14.2. The molecular formula is C23H20N2OS. The van der Waals surface area contributed by atoms with Crippen molar-refractivity contribution in [2.45, 2.75) is 0 Å². The smallest absolute Gasteiger partial charge is 0.260 e. The molecule has 134 valence electrons. The topological polar surface area (TPSA) is 46.3 Å². The average Bonchev–Trinajstić information content (AvgIpc) is 2.72. The molecular weight excluding hydrogens is 352 g/mol. The van der Waals surface area contributed by atoms with Crippen LogP contribution in [0.3, 0.4) is 0 Å². The zero-order valence-corrected chi connectivity index (χ0v) is 15.6. The SMILES string of the molecule is NC(=S)N(CC=C(c1ccccc1)c1ccccc1)C(=O)c1ccccc1. The molecule has 3 rings (SSSR count). The molecule has 0 heterocycles. The highest BCUT2D eigenvalue weighted by Crippen LogP contribution is 2.23. The minimum atomic E-state index is -0.208. The van der Waals surface area contributed by atoms with E-state index in [0.29, 0.717) is 12.1 Å². The summed E-state index contributed by atoms with van der Waals surface area (Å²) in [5, 5.41) is 0.0561. The fourth-order valence-electron chi connectivity index (χ4n) is 2.83. The molecule has 0 aliphatic carbocycles. The van der Waals surface area contributed by atoms with E-state index in [1.807, 2.05) is 84.9 Å². The van der Waals surface area contributed by atoms with Crippen molar-refractivity contribution in [2.24, 2.45) is 5.73 Å². The highest BCUT2D eigenvalue weighted by Gasteiger charge is 2.17. The maximum atomic E-state index is 12.8. The zero-order valence-electron chi connectivity index (χ0n) is 14.8. The Balaban J connectivity index is 1.94. The third-order valence-electron chi connectivity index (χ3n) is 4.18. The Bertz CT molecular complexity index is 896. The van der Waals surface area contributed by atoms with Crippen molar-refractivity contribution in [2.75, 3.05) is 6.54 Å². The van der Waals surface area contributed by atoms with E-state index < -0.39 is 0 Å². The molecule has 4 heteroatoms. The van der Waals surface area contributed by atoms with Gasteiger partial charge in [0.1, 0.15) is 0 Å². The lowest BCUT2D eigenvalue weighted by atomic mass is 9.97. The van der Waals surface area contributed by atoms with E-state index in [2.05, 4.69) is 0 Å². The molecule has 2 N–H and O–H groups in total. The highest BCUT2D eigenvalue weighted by molar-refractivity contribution is 7.80. The molecule has 0 saturated heterocycles. The summed E-state index contributed by atoms with van der Waals surface area (Å²) in [6, 6.07) is 29.1. The fourth-order valence-corrected chi connectivity index (χ4v) is 2.99. The first-order chi connectivity index (χ1) is 13.2. The van der Waals surface area contributed by atoms with Crippen LogP contribution in [-0.2, 0) is 0 Å². The number of carbonyl (C=O) groups excluding carboxylic acids is 1. The molecule has 0 radical (unpaired) electrons. The summed E-state index contributed by atoms with van der Waals surface area (Å²) < 4.78 is 0. The van der Waals surface area contributed by atoms with Gasteiger partial charge in [-0.3, -0.25) is 9.69 Å². The molecule has 3 aromatic carbocycles. The van der Waals surface area contributed by atoms with Gasteiger partial charge in [0.05, 0.1) is 0 Å². The van der Waals surface area contributed by atoms with Crippen molar-refractivity contribution in [3.8, 4) is 0 Å². The van der Waals surface area contributed by atoms with Gasteiger partial charge in [0.2, 0.25) is 0 Å². The maximum Gasteiger partial charge on any atom is 0.260 e. The molecule has 0 aliphatic heterocycles. The van der Waals surface area contributed by atoms with Gasteiger partial charge in [-0.1, -0.05) is 84.9 Å². The Kier molecular flexibility index (Phi) is 6.13. The van der Waals surface area contributed by atoms with Crippen molar-refractivity contribution < 1.29 is 4.79 Å². The molecule has 0 aliphatic rings. The molecule has 3 aromatic rings. The minimum Gasteiger partial charge on any atom is -0.376 e. The Morgan fingerprint density at radius 2 is 1.19 bits per heavy atom. The highest BCUT2D eigenvalue weighted by atomic mass is 32.1. The van der Waals surface area contributed by atoms with Crippen molar-refractivity contribution in [3.63, 3.8) is 0 Å². The molecule has 3 nitrogen and oxygen atoms in total. The summed E-state index contributed by atoms with van der Waals surface area (Å²) in [6.07, 6.45) is 1.99. The van der Waals surface area contributed by atoms with Gasteiger partial charge in [-0.15, -0.1) is 0 Å². The van der Waals surface area contributed by atoms with Gasteiger partial charge in [-0.05, 0) is 41.1 Å². The summed E-state index contributed by atoms with van der Waals surface area (Å²) in [5.41, 5.74) is 9.56. The first kappa shape index (κ1) is 18.5. The standard InChI is InChI=1S/C23H20N2OS/c24-23(27)25(22(26)20-14-8-3-9-15-20)17-16-21(18-10-4-1-5-11-18)19-12-6-2-7-13-19/h1-16H,17H2,(H2,24,27). The average molecular weight is 372 g/mol. The van der Waals surface area contributed by atoms with Crippen LogP contribution in [-0.4, -0.2) is 22.5 Å². The number of rotatable bonds is 5. The van der Waals surface area contributed by atoms with Gasteiger partial charge in [0.25, 0.3) is 5.91 Å². The first-order valence-electron chi connectivity index (χ1n) is 8.64. The van der Waals surface area contributed by atoms with Crippen LogP contribution in [0.4, 0.5) is 0 Å². The monoisotopic (exact) mass is 372 g/mol. The predicted molar refractivity (Wildman–Crippen MR) is 114 cm³/mol. The largest absolute Gasteiger partial charge is 0.376 e. The van der Waals surface area contributed by atoms with E-state index in [1.165, 1.54) is 4.90 Å². The van der Waals surface area contributed by atoms with Crippen molar-refractivity contribution in [3.05, 3.63) is 114 Å². The molecule has 27 heavy (non-hydrogen) atoms. The predicted octanol–water partition coefficient (Wildman–Crippen LogP) is 4.50. The molecule has 0 unspecified atom stereocenters. The van der Waals surface area contributed by atoms with Crippen molar-refractivity contribution in [1.29, 1.82) is 0 Å². The number of carbonyl (C=O) groups is 1. The van der Waals surface area contributed by atoms with Gasteiger partial charge in [0.15, 0.2) is 5.11 Å². The molecule has 1 amide bonds. The number of thiocarbonyl (C=S) groups is 1. The van der Waals surface area contributed by atoms with Crippen LogP contribution in [0.5, 0.6) is 0 Å². The molecule has 0 saturated carbocycles. The van der Waals surface area contributed by atoms with Crippen LogP contribution >= 0.6 is 12.2 Å². The quantitative estimate of drug-likeness (QED) is 0.671. The summed E-state index contributed by atoms with van der Waals surface area (Å²) in [6.45, 7) is 0.294. The summed E-state index contributed by atoms with van der Waals surface area (Å²) >= 11 is 5.13. The third kappa shape index (κ3) is 4.68. The van der Waals surface area contributed by atoms with Gasteiger partial charge >= 0.3 is 0 Å². The number of hydrogen-bond acceptors (Lipinski definition) is 2. The second-order valence-corrected chi connectivity index (χ2v) is 6.39. The lowest BCUT2D eigenvalue weighted by Crippen LogP contribution is -2.40. The van der Waals surface area contributed by atoms with Gasteiger partial charge < -0.3 is 5.73 Å². The van der Waals surface area contributed by atoms with Gasteiger partial charge in [-0.2, -0.15) is 0 Å². The van der Waals surface area contributed by atoms with Crippen LogP contribution in [0.15, 0.2) is 97.1 Å². The van der Waals surface area contributed by atoms with Gasteiger partial charge in [0, 0.05) is 12.1 Å². The van der Waals surface area contributed by atoms with E-state index in [0.717, 1.165) is 16.7 Å². The number of amides is 1. The minimum absolute atomic E-state index is 0.0561. The Hall–Kier alpha value is -3.24. The number of benzene rings is 3. The van der Waals surface area contributed by atoms with E-state index in [-0.39, 0.29) is 11.0 Å². The number of hydrogen-bond donors (Lipinski definition) is 1. The maximum absolute atomic E-state index is 12.8. The van der Waals surface area contributed by atoms with Crippen molar-refractivity contribution >= 4 is 28.8 Å². The second kappa shape index (κ2) is 8.92. The third-order valence-corrected chi connectivity index (χ3v) is 4.40. The van der Waals surface area contributed by atoms with E-state index in [9.17, 15) is 4.79 Å². The molecule has 0 spiro atoms. The summed E-state index contributed by atoms with van der Waals surface area (Å²) in [7, 11) is 0. The lowest BCUT2D eigenvalue weighted by Gasteiger charge is -2.20. The lowest BCUT2D eigenvalue weighted by molar-refractivity contribution is 0.0859. The van der Waals surface area contributed by atoms with Crippen LogP contribution in [0, 0.1) is 0 Å². The van der Waals surface area contributed by atoms with E-state index in [1.54, 1.807) is 12.1 Å². The van der Waals surface area contributed by atoms with E-state index in [4.69, 9.17) is 18.0 Å². The van der Waals surface area contributed by atoms with E-state index >= 15 is 0 Å². The van der Waals surface area contributed by atoms with Crippen molar-refractivity contribution in [1.82, 2.24) is 4.90 Å². The normalized spacial score (nSPS) is 10.1. The Morgan fingerprint density at radius 1 is 0.778 bits per heavy atom. The van der Waals surface area contributed by atoms with Crippen LogP contribution in [0.1, 0.15) is 21.5 Å². The second-order valence-electron chi connectivity index (χ2n) is 5.97. The zero-order chi connectivity index (χ0) is 19.1. The first-order valence-corrected chi connectivity index (χ1v) is 9.05. The van der Waals surface area contributed by atoms with Crippen LogP contribution < -0.4 is 5.73 Å². The molecule has 0 bridgehead atoms. The van der Waals surface area contributed by atoms with Crippen LogP contribution in [0.25, 0.3) is 5.57 Å². The number of nitrogens with two attached hydrogens (primary N) is 1. The molecule has 0 atom stereocenters. The Morgan fingerprint density at radius 3 is 1.59 bits per heavy atom. The van der Waals surface area contributed by atoms with Gasteiger partial charge in [-0.25, -0.2) is 0 Å². The summed E-state index contributed by atoms with van der Waals surface area (Å²) in [5.74, 6) is -0.208. The molecule has 0 aromatic heterocycles. The van der Waals surface area contributed by atoms with Crippen LogP contribution in [0.2, 0.25) is 0 Å². The molecule has 0 fully saturated rings. The Labute approximate surface area is 164 Å². The fraction of sp³-hybridized carbons (Fsp3) is 0.0435. The number of nitrogens with zero attached hydrogens (tertiary/aromatic N) is 1.